The van der Waals surface area contributed by atoms with E-state index in [1.54, 1.807) is 0 Å². The molecule has 0 aliphatic rings. The van der Waals surface area contributed by atoms with Crippen LogP contribution in [-0.2, 0) is 26.2 Å². The van der Waals surface area contributed by atoms with Crippen LogP contribution in [0.3, 0.4) is 0 Å². The molecule has 0 saturated carbocycles. The predicted octanol–water partition coefficient (Wildman–Crippen LogP) is 1.39. The SMILES string of the molecule is CCCNCCC.[Zr]. The van der Waals surface area contributed by atoms with Crippen LogP contribution in [0.4, 0.5) is 0 Å². The molecule has 0 atom stereocenters. The maximum absolute atomic E-state index is 3.28. The van der Waals surface area contributed by atoms with Gasteiger partial charge in [0.15, 0.2) is 0 Å². The Labute approximate surface area is 71.4 Å². The summed E-state index contributed by atoms with van der Waals surface area (Å²) in [5, 5.41) is 3.28. The average Bonchev–Trinajstić information content (AvgIpc) is 1.69. The summed E-state index contributed by atoms with van der Waals surface area (Å²) >= 11 is 0. The first-order valence-electron chi connectivity index (χ1n) is 3.12. The molecular weight excluding hydrogens is 177 g/mol. The number of hydrogen-bond acceptors (Lipinski definition) is 1. The van der Waals surface area contributed by atoms with E-state index in [-0.39, 0.29) is 26.2 Å². The zero-order valence-corrected chi connectivity index (χ0v) is 8.29. The molecule has 1 N–H and O–H groups in total. The van der Waals surface area contributed by atoms with E-state index in [1.165, 1.54) is 25.9 Å². The Morgan fingerprint density at radius 1 is 1.00 bits per heavy atom. The first-order chi connectivity index (χ1) is 3.41. The van der Waals surface area contributed by atoms with Gasteiger partial charge in [-0.3, -0.25) is 0 Å². The van der Waals surface area contributed by atoms with Gasteiger partial charge < -0.3 is 5.32 Å². The number of nitrogens with one attached hydrogen (secondary N) is 1. The molecule has 0 heterocycles. The van der Waals surface area contributed by atoms with Crippen molar-refractivity contribution in [2.75, 3.05) is 13.1 Å². The monoisotopic (exact) mass is 191 g/mol. The second-order valence-corrected chi connectivity index (χ2v) is 1.75. The Bertz CT molecular complexity index is 27.7. The maximum atomic E-state index is 3.28. The Morgan fingerprint density at radius 2 is 1.38 bits per heavy atom. The summed E-state index contributed by atoms with van der Waals surface area (Å²) in [4.78, 5) is 0. The molecule has 0 amide bonds. The quantitative estimate of drug-likeness (QED) is 0.664. The summed E-state index contributed by atoms with van der Waals surface area (Å²) in [5.41, 5.74) is 0. The molecule has 0 aliphatic heterocycles. The minimum Gasteiger partial charge on any atom is -0.317 e. The topological polar surface area (TPSA) is 12.0 Å². The Hall–Kier alpha value is 0.843. The fourth-order valence-corrected chi connectivity index (χ4v) is 0.479. The smallest absolute Gasteiger partial charge is 0 e. The van der Waals surface area contributed by atoms with Crippen molar-refractivity contribution >= 4 is 0 Å². The molecule has 0 saturated heterocycles. The Morgan fingerprint density at radius 3 is 1.62 bits per heavy atom. The molecule has 0 unspecified atom stereocenters. The summed E-state index contributed by atoms with van der Waals surface area (Å²) in [5.74, 6) is 0. The van der Waals surface area contributed by atoms with Gasteiger partial charge in [0.2, 0.25) is 0 Å². The van der Waals surface area contributed by atoms with Crippen LogP contribution >= 0.6 is 0 Å². The fraction of sp³-hybridized carbons (Fsp3) is 1.00. The maximum Gasteiger partial charge on any atom is 0 e. The Kier molecular flexibility index (Phi) is 15.6. The molecule has 2 heteroatoms. The van der Waals surface area contributed by atoms with E-state index in [0.29, 0.717) is 0 Å². The molecule has 8 heavy (non-hydrogen) atoms. The van der Waals surface area contributed by atoms with Crippen LogP contribution in [0.15, 0.2) is 0 Å². The van der Waals surface area contributed by atoms with Crippen LogP contribution in [0, 0.1) is 0 Å². The van der Waals surface area contributed by atoms with Crippen LogP contribution in [0.5, 0.6) is 0 Å². The van der Waals surface area contributed by atoms with E-state index in [1.807, 2.05) is 0 Å². The van der Waals surface area contributed by atoms with E-state index in [2.05, 4.69) is 19.2 Å². The van der Waals surface area contributed by atoms with Crippen molar-refractivity contribution in [2.45, 2.75) is 26.7 Å². The van der Waals surface area contributed by atoms with Crippen LogP contribution < -0.4 is 5.32 Å². The third-order valence-electron chi connectivity index (χ3n) is 0.854. The van der Waals surface area contributed by atoms with E-state index < -0.39 is 0 Å². The van der Waals surface area contributed by atoms with Crippen molar-refractivity contribution in [1.82, 2.24) is 5.32 Å². The molecule has 0 aromatic rings. The molecule has 0 bridgehead atoms. The zero-order chi connectivity index (χ0) is 5.54. The normalized spacial score (nSPS) is 8.25. The summed E-state index contributed by atoms with van der Waals surface area (Å²) in [7, 11) is 0. The van der Waals surface area contributed by atoms with Gasteiger partial charge in [-0.25, -0.2) is 0 Å². The third-order valence-corrected chi connectivity index (χ3v) is 0.854. The summed E-state index contributed by atoms with van der Waals surface area (Å²) in [6.45, 7) is 6.72. The van der Waals surface area contributed by atoms with Crippen LogP contribution in [-0.4, -0.2) is 13.1 Å². The molecule has 0 rings (SSSR count). The average molecular weight is 192 g/mol. The van der Waals surface area contributed by atoms with Crippen molar-refractivity contribution in [3.8, 4) is 0 Å². The van der Waals surface area contributed by atoms with Gasteiger partial charge in [-0.15, -0.1) is 0 Å². The van der Waals surface area contributed by atoms with Crippen LogP contribution in [0.2, 0.25) is 0 Å². The second kappa shape index (κ2) is 10.8. The van der Waals surface area contributed by atoms with E-state index in [9.17, 15) is 0 Å². The molecule has 0 aromatic carbocycles. The Balaban J connectivity index is 0. The predicted molar refractivity (Wildman–Crippen MR) is 33.5 cm³/mol. The van der Waals surface area contributed by atoms with Gasteiger partial charge in [-0.2, -0.15) is 0 Å². The van der Waals surface area contributed by atoms with Crippen molar-refractivity contribution in [2.24, 2.45) is 0 Å². The standard InChI is InChI=1S/C6H15N.Zr/c1-3-5-7-6-4-2;/h7H,3-6H2,1-2H3;. The van der Waals surface area contributed by atoms with Crippen LogP contribution in [0.1, 0.15) is 26.7 Å². The molecular formula is C6H15NZr. The van der Waals surface area contributed by atoms with Crippen molar-refractivity contribution in [3.63, 3.8) is 0 Å². The van der Waals surface area contributed by atoms with Gasteiger partial charge >= 0.3 is 0 Å². The molecule has 0 aromatic heterocycles. The van der Waals surface area contributed by atoms with Crippen molar-refractivity contribution < 1.29 is 26.2 Å². The van der Waals surface area contributed by atoms with Gasteiger partial charge in [0, 0.05) is 26.2 Å². The minimum absolute atomic E-state index is 0. The summed E-state index contributed by atoms with van der Waals surface area (Å²) in [6.07, 6.45) is 2.50. The van der Waals surface area contributed by atoms with Crippen molar-refractivity contribution in [3.05, 3.63) is 0 Å². The summed E-state index contributed by atoms with van der Waals surface area (Å²) < 4.78 is 0. The molecule has 48 valence electrons. The largest absolute Gasteiger partial charge is 0.317 e. The molecule has 0 aliphatic carbocycles. The van der Waals surface area contributed by atoms with E-state index in [4.69, 9.17) is 0 Å². The first-order valence-corrected chi connectivity index (χ1v) is 3.12. The molecule has 0 fully saturated rings. The van der Waals surface area contributed by atoms with Gasteiger partial charge in [0.1, 0.15) is 0 Å². The van der Waals surface area contributed by atoms with E-state index >= 15 is 0 Å². The number of hydrogen-bond donors (Lipinski definition) is 1. The fourth-order valence-electron chi connectivity index (χ4n) is 0.479. The first kappa shape index (κ1) is 11.6. The molecule has 0 radical (unpaired) electrons. The number of rotatable bonds is 4. The third kappa shape index (κ3) is 9.96. The minimum atomic E-state index is 0. The second-order valence-electron chi connectivity index (χ2n) is 1.75. The van der Waals surface area contributed by atoms with Gasteiger partial charge in [0.05, 0.1) is 0 Å². The summed E-state index contributed by atoms with van der Waals surface area (Å²) in [6, 6.07) is 0. The van der Waals surface area contributed by atoms with Gasteiger partial charge in [-0.1, -0.05) is 13.8 Å². The molecule has 0 spiro atoms. The van der Waals surface area contributed by atoms with Crippen LogP contribution in [0.25, 0.3) is 0 Å². The van der Waals surface area contributed by atoms with Crippen molar-refractivity contribution in [1.29, 1.82) is 0 Å². The van der Waals surface area contributed by atoms with Gasteiger partial charge in [-0.05, 0) is 25.9 Å². The van der Waals surface area contributed by atoms with E-state index in [0.717, 1.165) is 0 Å². The zero-order valence-electron chi connectivity index (χ0n) is 5.83. The molecule has 1 nitrogen and oxygen atoms in total. The van der Waals surface area contributed by atoms with Gasteiger partial charge in [0.25, 0.3) is 0 Å².